The molecule has 1 aromatic heterocycles. The number of hydrogen-bond donors (Lipinski definition) is 0. The van der Waals surface area contributed by atoms with Gasteiger partial charge in [-0.15, -0.1) is 0 Å². The Balaban J connectivity index is 3.19. The lowest BCUT2D eigenvalue weighted by atomic mass is 10.3. The molecule has 0 radical (unpaired) electrons. The van der Waals surface area contributed by atoms with E-state index < -0.39 is 0 Å². The van der Waals surface area contributed by atoms with Crippen molar-refractivity contribution in [2.24, 2.45) is 0 Å². The molecule has 0 aliphatic carbocycles. The molecule has 0 atom stereocenters. The highest BCUT2D eigenvalue weighted by Crippen LogP contribution is 2.13. The zero-order chi connectivity index (χ0) is 7.56. The summed E-state index contributed by atoms with van der Waals surface area (Å²) in [7, 11) is 0. The van der Waals surface area contributed by atoms with Crippen molar-refractivity contribution in [3.05, 3.63) is 26.0 Å². The number of aldehydes is 1. The van der Waals surface area contributed by atoms with Gasteiger partial charge in [0.2, 0.25) is 0 Å². The minimum atomic E-state index is 0.584. The standard InChI is InChI=1S/C6H3BrINO/c7-6-4(3-10)1-2-5(8)9-6/h1-3H. The fourth-order valence-corrected chi connectivity index (χ4v) is 1.68. The van der Waals surface area contributed by atoms with Crippen LogP contribution in [0.15, 0.2) is 16.7 Å². The van der Waals surface area contributed by atoms with Gasteiger partial charge in [0.15, 0.2) is 6.29 Å². The van der Waals surface area contributed by atoms with E-state index in [9.17, 15) is 4.79 Å². The molecule has 0 aliphatic rings. The Labute approximate surface area is 80.3 Å². The Bertz CT molecular complexity index is 264. The Morgan fingerprint density at radius 3 is 2.80 bits per heavy atom. The maximum atomic E-state index is 10.3. The maximum Gasteiger partial charge on any atom is 0.152 e. The lowest BCUT2D eigenvalue weighted by molar-refractivity contribution is 0.112. The molecular weight excluding hydrogens is 309 g/mol. The Morgan fingerprint density at radius 1 is 1.60 bits per heavy atom. The van der Waals surface area contributed by atoms with E-state index in [2.05, 4.69) is 43.5 Å². The average molecular weight is 312 g/mol. The summed E-state index contributed by atoms with van der Waals surface area (Å²) in [4.78, 5) is 14.3. The fourth-order valence-electron chi connectivity index (χ4n) is 0.511. The van der Waals surface area contributed by atoms with Crippen molar-refractivity contribution in [2.75, 3.05) is 0 Å². The van der Waals surface area contributed by atoms with E-state index in [0.29, 0.717) is 10.2 Å². The molecular formula is C6H3BrINO. The van der Waals surface area contributed by atoms with E-state index in [1.54, 1.807) is 12.1 Å². The average Bonchev–Trinajstić information content (AvgIpc) is 1.88. The second kappa shape index (κ2) is 3.43. The molecule has 0 saturated heterocycles. The van der Waals surface area contributed by atoms with Crippen molar-refractivity contribution in [1.82, 2.24) is 4.98 Å². The van der Waals surface area contributed by atoms with Crippen molar-refractivity contribution >= 4 is 44.8 Å². The third kappa shape index (κ3) is 1.76. The largest absolute Gasteiger partial charge is 0.298 e. The van der Waals surface area contributed by atoms with Crippen LogP contribution in [0.1, 0.15) is 10.4 Å². The lowest BCUT2D eigenvalue weighted by Gasteiger charge is -1.93. The molecule has 0 spiro atoms. The number of rotatable bonds is 1. The lowest BCUT2D eigenvalue weighted by Crippen LogP contribution is -1.87. The fraction of sp³-hybridized carbons (Fsp3) is 0. The van der Waals surface area contributed by atoms with E-state index in [-0.39, 0.29) is 0 Å². The molecule has 1 aromatic rings. The first-order valence-electron chi connectivity index (χ1n) is 2.51. The molecule has 0 aromatic carbocycles. The third-order valence-corrected chi connectivity index (χ3v) is 2.21. The highest BCUT2D eigenvalue weighted by atomic mass is 127. The van der Waals surface area contributed by atoms with E-state index in [0.717, 1.165) is 9.99 Å². The van der Waals surface area contributed by atoms with Gasteiger partial charge >= 0.3 is 0 Å². The van der Waals surface area contributed by atoms with Gasteiger partial charge in [0.1, 0.15) is 8.30 Å². The number of aromatic nitrogens is 1. The van der Waals surface area contributed by atoms with E-state index >= 15 is 0 Å². The van der Waals surface area contributed by atoms with Gasteiger partial charge in [-0.2, -0.15) is 0 Å². The number of hydrogen-bond acceptors (Lipinski definition) is 2. The molecule has 1 heterocycles. The van der Waals surface area contributed by atoms with Gasteiger partial charge < -0.3 is 0 Å². The first-order valence-corrected chi connectivity index (χ1v) is 4.38. The van der Waals surface area contributed by atoms with Gasteiger partial charge in [-0.25, -0.2) is 4.98 Å². The second-order valence-corrected chi connectivity index (χ2v) is 3.49. The first-order chi connectivity index (χ1) is 4.74. The third-order valence-electron chi connectivity index (χ3n) is 0.971. The van der Waals surface area contributed by atoms with Crippen LogP contribution in [0.3, 0.4) is 0 Å². The summed E-state index contributed by atoms with van der Waals surface area (Å²) >= 11 is 5.24. The van der Waals surface area contributed by atoms with Crippen LogP contribution in [-0.2, 0) is 0 Å². The van der Waals surface area contributed by atoms with Crippen molar-refractivity contribution in [3.63, 3.8) is 0 Å². The molecule has 0 N–H and O–H groups in total. The van der Waals surface area contributed by atoms with Gasteiger partial charge in [0.25, 0.3) is 0 Å². The summed E-state index contributed by atoms with van der Waals surface area (Å²) in [5.41, 5.74) is 0.584. The van der Waals surface area contributed by atoms with Crippen LogP contribution in [0.2, 0.25) is 0 Å². The van der Waals surface area contributed by atoms with E-state index in [1.807, 2.05) is 0 Å². The summed E-state index contributed by atoms with van der Waals surface area (Å²) < 4.78 is 1.48. The quantitative estimate of drug-likeness (QED) is 0.452. The molecule has 4 heteroatoms. The molecule has 2 nitrogen and oxygen atoms in total. The predicted octanol–water partition coefficient (Wildman–Crippen LogP) is 2.26. The normalized spacial score (nSPS) is 9.40. The summed E-state index contributed by atoms with van der Waals surface area (Å²) in [6, 6.07) is 3.51. The molecule has 0 amide bonds. The van der Waals surface area contributed by atoms with Gasteiger partial charge in [-0.1, -0.05) is 0 Å². The molecule has 10 heavy (non-hydrogen) atoms. The van der Waals surface area contributed by atoms with Crippen LogP contribution in [0.25, 0.3) is 0 Å². The minimum absolute atomic E-state index is 0.584. The monoisotopic (exact) mass is 311 g/mol. The van der Waals surface area contributed by atoms with Crippen molar-refractivity contribution < 1.29 is 4.79 Å². The molecule has 1 rings (SSSR count). The van der Waals surface area contributed by atoms with Crippen LogP contribution >= 0.6 is 38.5 Å². The smallest absolute Gasteiger partial charge is 0.152 e. The minimum Gasteiger partial charge on any atom is -0.298 e. The van der Waals surface area contributed by atoms with Gasteiger partial charge in [-0.05, 0) is 50.7 Å². The van der Waals surface area contributed by atoms with Crippen LogP contribution in [-0.4, -0.2) is 11.3 Å². The second-order valence-electron chi connectivity index (χ2n) is 1.63. The van der Waals surface area contributed by atoms with E-state index in [4.69, 9.17) is 0 Å². The number of nitrogens with zero attached hydrogens (tertiary/aromatic N) is 1. The zero-order valence-corrected chi connectivity index (χ0v) is 8.59. The summed E-state index contributed by atoms with van der Waals surface area (Å²) in [5.74, 6) is 0. The number of pyridine rings is 1. The first kappa shape index (κ1) is 8.13. The van der Waals surface area contributed by atoms with Gasteiger partial charge in [0, 0.05) is 5.56 Å². The molecule has 0 aliphatic heterocycles. The molecule has 0 fully saturated rings. The Morgan fingerprint density at radius 2 is 2.30 bits per heavy atom. The highest BCUT2D eigenvalue weighted by Gasteiger charge is 1.98. The van der Waals surface area contributed by atoms with Crippen LogP contribution < -0.4 is 0 Å². The van der Waals surface area contributed by atoms with Crippen LogP contribution in [0, 0.1) is 3.70 Å². The Kier molecular flexibility index (Phi) is 2.79. The number of carbonyl (C=O) groups excluding carboxylic acids is 1. The van der Waals surface area contributed by atoms with Crippen LogP contribution in [0.4, 0.5) is 0 Å². The van der Waals surface area contributed by atoms with Crippen LogP contribution in [0.5, 0.6) is 0 Å². The number of carbonyl (C=O) groups is 1. The van der Waals surface area contributed by atoms with Crippen molar-refractivity contribution in [2.45, 2.75) is 0 Å². The summed E-state index contributed by atoms with van der Waals surface area (Å²) in [6.45, 7) is 0. The molecule has 0 saturated carbocycles. The molecule has 52 valence electrons. The van der Waals surface area contributed by atoms with Gasteiger partial charge in [-0.3, -0.25) is 4.79 Å². The van der Waals surface area contributed by atoms with Crippen molar-refractivity contribution in [3.8, 4) is 0 Å². The number of halogens is 2. The highest BCUT2D eigenvalue weighted by molar-refractivity contribution is 14.1. The zero-order valence-electron chi connectivity index (χ0n) is 4.84. The van der Waals surface area contributed by atoms with Gasteiger partial charge in [0.05, 0.1) is 0 Å². The topological polar surface area (TPSA) is 30.0 Å². The SMILES string of the molecule is O=Cc1ccc(I)nc1Br. The summed E-state index contributed by atoms with van der Waals surface area (Å²) in [6.07, 6.45) is 0.771. The molecule has 0 unspecified atom stereocenters. The maximum absolute atomic E-state index is 10.3. The summed E-state index contributed by atoms with van der Waals surface area (Å²) in [5, 5.41) is 0. The predicted molar refractivity (Wildman–Crippen MR) is 50.0 cm³/mol. The van der Waals surface area contributed by atoms with E-state index in [1.165, 1.54) is 0 Å². The molecule has 0 bridgehead atoms. The van der Waals surface area contributed by atoms with Crippen molar-refractivity contribution in [1.29, 1.82) is 0 Å². The Hall–Kier alpha value is 0.0300.